The monoisotopic (exact) mass is 766 g/mol. The van der Waals surface area contributed by atoms with E-state index in [9.17, 15) is 19.2 Å². The van der Waals surface area contributed by atoms with Gasteiger partial charge in [-0.25, -0.2) is 14.4 Å². The Bertz CT molecular complexity index is 1960. The van der Waals surface area contributed by atoms with Crippen LogP contribution in [0, 0.1) is 13.8 Å². The number of rotatable bonds is 5. The number of hydrogen-bond donors (Lipinski definition) is 5. The lowest BCUT2D eigenvalue weighted by atomic mass is 9.93. The number of aromatic nitrogens is 4. The van der Waals surface area contributed by atoms with Gasteiger partial charge in [0.25, 0.3) is 5.91 Å². The van der Waals surface area contributed by atoms with Crippen LogP contribution in [0.1, 0.15) is 127 Å². The number of aryl methyl sites for hydroxylation is 2. The Morgan fingerprint density at radius 2 is 1.05 bits per heavy atom. The highest BCUT2D eigenvalue weighted by atomic mass is 16.6. The Hall–Kier alpha value is -6.00. The first-order valence-electron chi connectivity index (χ1n) is 17.2. The molecule has 4 aromatic rings. The first kappa shape index (κ1) is 45.2. The lowest BCUT2D eigenvalue weighted by Gasteiger charge is -2.20. The first-order chi connectivity index (χ1) is 25.0. The molecule has 0 saturated carbocycles. The zero-order valence-electron chi connectivity index (χ0n) is 34.0. The lowest BCUT2D eigenvalue weighted by molar-refractivity contribution is 0.0624. The number of nitrogens with two attached hydrogens (primary N) is 1. The second-order valence-electron chi connectivity index (χ2n) is 16.4. The number of nitrogens with zero attached hydrogens (tertiary/aromatic N) is 4. The van der Waals surface area contributed by atoms with Crippen molar-refractivity contribution < 1.29 is 42.8 Å². The van der Waals surface area contributed by atoms with E-state index in [1.807, 2.05) is 41.5 Å². The molecule has 3 amide bonds. The summed E-state index contributed by atoms with van der Waals surface area (Å²) in [5, 5.41) is 24.0. The topological polar surface area (TPSA) is 247 Å². The number of aromatic carboxylic acids is 1. The van der Waals surface area contributed by atoms with E-state index in [4.69, 9.17) is 29.4 Å². The minimum absolute atomic E-state index is 0.00458. The largest absolute Gasteiger partial charge is 0.478 e. The highest BCUT2D eigenvalue weighted by Gasteiger charge is 2.22. The number of nitrogen functional groups attached to an aromatic ring is 1. The highest BCUT2D eigenvalue weighted by Crippen LogP contribution is 2.25. The zero-order chi connectivity index (χ0) is 42.1. The zero-order valence-corrected chi connectivity index (χ0v) is 34.0. The summed E-state index contributed by atoms with van der Waals surface area (Å²) in [5.74, 6) is 0.729. The number of hydrogen-bond acceptors (Lipinski definition) is 13. The van der Waals surface area contributed by atoms with Crippen LogP contribution >= 0.6 is 0 Å². The normalized spacial score (nSPS) is 11.5. The van der Waals surface area contributed by atoms with Crippen molar-refractivity contribution in [2.24, 2.45) is 0 Å². The van der Waals surface area contributed by atoms with E-state index in [0.29, 0.717) is 40.2 Å². The smallest absolute Gasteiger partial charge is 0.412 e. The van der Waals surface area contributed by atoms with Gasteiger partial charge in [-0.05, 0) is 67.5 Å². The molecule has 0 fully saturated rings. The van der Waals surface area contributed by atoms with E-state index in [2.05, 4.69) is 36.2 Å². The van der Waals surface area contributed by atoms with E-state index >= 15 is 0 Å². The van der Waals surface area contributed by atoms with Gasteiger partial charge in [-0.1, -0.05) is 51.9 Å². The predicted molar refractivity (Wildman–Crippen MR) is 207 cm³/mol. The van der Waals surface area contributed by atoms with Gasteiger partial charge in [0.2, 0.25) is 0 Å². The van der Waals surface area contributed by atoms with E-state index in [-0.39, 0.29) is 22.0 Å². The summed E-state index contributed by atoms with van der Waals surface area (Å²) in [5.41, 5.74) is 6.00. The third-order valence-corrected chi connectivity index (χ3v) is 6.71. The Morgan fingerprint density at radius 1 is 0.636 bits per heavy atom. The molecule has 0 aliphatic heterocycles. The Balaban J connectivity index is 0.000000319. The predicted octanol–water partition coefficient (Wildman–Crippen LogP) is 8.26. The fourth-order valence-electron chi connectivity index (χ4n) is 3.91. The molecule has 55 heavy (non-hydrogen) atoms. The third kappa shape index (κ3) is 15.9. The quantitative estimate of drug-likeness (QED) is 0.128. The van der Waals surface area contributed by atoms with Gasteiger partial charge >= 0.3 is 18.2 Å². The maximum Gasteiger partial charge on any atom is 0.412 e. The maximum atomic E-state index is 12.5. The summed E-state index contributed by atoms with van der Waals surface area (Å²) in [6, 6.07) is 6.31. The van der Waals surface area contributed by atoms with Crippen LogP contribution in [0.5, 0.6) is 0 Å². The number of carboxylic acids is 1. The summed E-state index contributed by atoms with van der Waals surface area (Å²) in [6.07, 6.45) is 1.40. The summed E-state index contributed by atoms with van der Waals surface area (Å²) >= 11 is 0. The molecule has 0 unspecified atom stereocenters. The van der Waals surface area contributed by atoms with Gasteiger partial charge in [-0.3, -0.25) is 25.4 Å². The van der Waals surface area contributed by atoms with E-state index in [1.165, 1.54) is 24.5 Å². The number of amides is 3. The fraction of sp³-hybridized carbons (Fsp3) is 0.474. The van der Waals surface area contributed by atoms with E-state index < -0.39 is 35.3 Å². The lowest BCUT2D eigenvalue weighted by Crippen LogP contribution is -2.27. The number of nitrogens with one attached hydrogen (secondary N) is 3. The van der Waals surface area contributed by atoms with Gasteiger partial charge in [0.1, 0.15) is 22.7 Å². The highest BCUT2D eigenvalue weighted by molar-refractivity contribution is 6.04. The van der Waals surface area contributed by atoms with Crippen molar-refractivity contribution in [3.63, 3.8) is 0 Å². The molecule has 0 aromatic carbocycles. The van der Waals surface area contributed by atoms with E-state index in [0.717, 1.165) is 5.76 Å². The van der Waals surface area contributed by atoms with Gasteiger partial charge in [-0.15, -0.1) is 0 Å². The molecule has 0 bridgehead atoms. The molecule has 6 N–H and O–H groups in total. The molecule has 0 aliphatic carbocycles. The van der Waals surface area contributed by atoms with Crippen LogP contribution in [-0.2, 0) is 20.3 Å². The molecule has 17 nitrogen and oxygen atoms in total. The number of carbonyl (C=O) groups is 4. The number of pyridine rings is 2. The molecule has 4 aromatic heterocycles. The van der Waals surface area contributed by atoms with Crippen molar-refractivity contribution in [2.75, 3.05) is 21.7 Å². The molecule has 0 atom stereocenters. The van der Waals surface area contributed by atoms with Crippen molar-refractivity contribution in [3.05, 3.63) is 70.7 Å². The molecule has 17 heteroatoms. The summed E-state index contributed by atoms with van der Waals surface area (Å²) < 4.78 is 20.5. The molecule has 4 rings (SSSR count). The molecule has 0 aliphatic rings. The van der Waals surface area contributed by atoms with Crippen LogP contribution in [0.15, 0.2) is 45.7 Å². The fourth-order valence-corrected chi connectivity index (χ4v) is 3.91. The molecule has 0 saturated heterocycles. The van der Waals surface area contributed by atoms with Gasteiger partial charge in [-0.2, -0.15) is 0 Å². The number of carbonyl (C=O) groups excluding carboxylic acids is 3. The van der Waals surface area contributed by atoms with Crippen LogP contribution in [0.2, 0.25) is 0 Å². The number of anilines is 4. The minimum atomic E-state index is -1.10. The van der Waals surface area contributed by atoms with Crippen molar-refractivity contribution in [1.29, 1.82) is 0 Å². The average molecular weight is 767 g/mol. The Kier molecular flexibility index (Phi) is 14.7. The standard InChI is InChI=1S/C19H26N4O4.C12H16N2O4.C7H12N2O/c1-11-13(21-17(25)26-19(5,6)7)8-12(10-20-11)16(24)22-15-9-14(27-23-15)18(2,3)4;1-7-9(5-8(6-13-7)10(15)16)14-11(17)18-12(2,3)4;1-7(2,3)5-4-6(8)9-10-5/h8-10H,1-7H3,(H,21,25)(H,22,23,24);5-6H,1-4H3,(H,14,17)(H,15,16);4H,1-3H3,(H2,8,9). The van der Waals surface area contributed by atoms with Crippen LogP contribution in [0.4, 0.5) is 32.6 Å². The van der Waals surface area contributed by atoms with Crippen LogP contribution in [-0.4, -0.2) is 60.7 Å². The third-order valence-electron chi connectivity index (χ3n) is 6.71. The van der Waals surface area contributed by atoms with Crippen LogP contribution in [0.25, 0.3) is 0 Å². The Labute approximate surface area is 321 Å². The SMILES string of the molecule is CC(C)(C)c1cc(N)no1.Cc1ncc(C(=O)Nc2cc(C(C)(C)C)on2)cc1NC(=O)OC(C)(C)C.Cc1ncc(C(=O)O)cc1NC(=O)OC(C)(C)C. The number of ether oxygens (including phenoxy) is 2. The van der Waals surface area contributed by atoms with Crippen molar-refractivity contribution in [2.45, 2.75) is 119 Å². The second-order valence-corrected chi connectivity index (χ2v) is 16.4. The van der Waals surface area contributed by atoms with Crippen molar-refractivity contribution in [1.82, 2.24) is 20.3 Å². The van der Waals surface area contributed by atoms with Crippen LogP contribution < -0.4 is 21.7 Å². The molecular weight excluding hydrogens is 712 g/mol. The molecule has 0 spiro atoms. The first-order valence-corrected chi connectivity index (χ1v) is 17.2. The van der Waals surface area contributed by atoms with E-state index in [1.54, 1.807) is 67.5 Å². The van der Waals surface area contributed by atoms with Gasteiger partial charge in [0, 0.05) is 35.4 Å². The van der Waals surface area contributed by atoms with Crippen LogP contribution in [0.3, 0.4) is 0 Å². The van der Waals surface area contributed by atoms with Gasteiger partial charge < -0.3 is 34.7 Å². The summed E-state index contributed by atoms with van der Waals surface area (Å²) in [4.78, 5) is 54.8. The molecule has 0 radical (unpaired) electrons. The van der Waals surface area contributed by atoms with Gasteiger partial charge in [0.15, 0.2) is 11.6 Å². The average Bonchev–Trinajstić information content (AvgIpc) is 3.67. The second kappa shape index (κ2) is 17.9. The minimum Gasteiger partial charge on any atom is -0.478 e. The summed E-state index contributed by atoms with van der Waals surface area (Å²) in [6.45, 7) is 26.0. The molecular formula is C38H54N8O9. The summed E-state index contributed by atoms with van der Waals surface area (Å²) in [7, 11) is 0. The molecule has 4 heterocycles. The van der Waals surface area contributed by atoms with Gasteiger partial charge in [0.05, 0.1) is 33.9 Å². The molecule has 300 valence electrons. The number of carboxylic acid groups (broad SMARTS) is 1. The Morgan fingerprint density at radius 3 is 1.42 bits per heavy atom. The van der Waals surface area contributed by atoms with Crippen molar-refractivity contribution in [3.8, 4) is 0 Å². The van der Waals surface area contributed by atoms with Crippen molar-refractivity contribution >= 4 is 47.1 Å². The maximum absolute atomic E-state index is 12.5.